The average molecular weight is 457 g/mol. The van der Waals surface area contributed by atoms with E-state index >= 15 is 0 Å². The van der Waals surface area contributed by atoms with Crippen molar-refractivity contribution in [2.75, 3.05) is 13.1 Å². The second kappa shape index (κ2) is 9.62. The third-order valence-electron chi connectivity index (χ3n) is 5.69. The number of amides is 1. The van der Waals surface area contributed by atoms with E-state index < -0.39 is 21.8 Å². The van der Waals surface area contributed by atoms with Crippen molar-refractivity contribution in [1.29, 1.82) is 0 Å². The fourth-order valence-corrected chi connectivity index (χ4v) is 5.44. The number of rotatable bonds is 7. The topological polar surface area (TPSA) is 84.3 Å². The van der Waals surface area contributed by atoms with Gasteiger partial charge in [0.25, 0.3) is 0 Å². The Morgan fingerprint density at radius 3 is 2.59 bits per heavy atom. The van der Waals surface area contributed by atoms with Crippen LogP contribution in [-0.4, -0.2) is 41.3 Å². The van der Waals surface area contributed by atoms with Gasteiger partial charge in [0.2, 0.25) is 15.9 Å². The average Bonchev–Trinajstić information content (AvgIpc) is 3.32. The van der Waals surface area contributed by atoms with Gasteiger partial charge in [0.1, 0.15) is 5.82 Å². The van der Waals surface area contributed by atoms with Gasteiger partial charge in [0, 0.05) is 38.6 Å². The summed E-state index contributed by atoms with van der Waals surface area (Å²) >= 11 is 0. The fourth-order valence-electron chi connectivity index (χ4n) is 3.92. The van der Waals surface area contributed by atoms with E-state index in [-0.39, 0.29) is 17.3 Å². The lowest BCUT2D eigenvalue weighted by Crippen LogP contribution is -2.45. The summed E-state index contributed by atoms with van der Waals surface area (Å²) in [5.74, 6) is -1.09. The minimum atomic E-state index is -3.77. The van der Waals surface area contributed by atoms with Gasteiger partial charge in [-0.05, 0) is 48.2 Å². The number of aromatic nitrogens is 2. The van der Waals surface area contributed by atoms with E-state index in [0.717, 1.165) is 23.3 Å². The Bertz CT molecular complexity index is 1160. The van der Waals surface area contributed by atoms with Crippen molar-refractivity contribution in [2.24, 2.45) is 5.92 Å². The summed E-state index contributed by atoms with van der Waals surface area (Å²) in [6.45, 7) is 1.48. The first-order valence-corrected chi connectivity index (χ1v) is 11.9. The molecule has 1 N–H and O–H groups in total. The molecule has 2 heterocycles. The second-order valence-corrected chi connectivity index (χ2v) is 9.82. The Morgan fingerprint density at radius 1 is 1.12 bits per heavy atom. The number of hydrogen-bond acceptors (Lipinski definition) is 4. The van der Waals surface area contributed by atoms with Crippen molar-refractivity contribution >= 4 is 15.9 Å². The molecule has 1 aromatic heterocycles. The predicted molar refractivity (Wildman–Crippen MR) is 118 cm³/mol. The van der Waals surface area contributed by atoms with Crippen molar-refractivity contribution in [1.82, 2.24) is 19.2 Å². The summed E-state index contributed by atoms with van der Waals surface area (Å²) in [6, 6.07) is 12.6. The van der Waals surface area contributed by atoms with Crippen LogP contribution < -0.4 is 5.32 Å². The zero-order chi connectivity index (χ0) is 22.6. The second-order valence-electron chi connectivity index (χ2n) is 7.88. The van der Waals surface area contributed by atoms with Crippen LogP contribution in [0.25, 0.3) is 0 Å². The van der Waals surface area contributed by atoms with Crippen LogP contribution in [0.15, 0.2) is 72.1 Å². The Kier molecular flexibility index (Phi) is 6.66. The summed E-state index contributed by atoms with van der Waals surface area (Å²) in [4.78, 5) is 16.9. The highest BCUT2D eigenvalue weighted by Gasteiger charge is 2.33. The van der Waals surface area contributed by atoms with Gasteiger partial charge in [0.15, 0.2) is 0 Å². The number of piperidine rings is 1. The molecule has 1 fully saturated rings. The molecule has 0 bridgehead atoms. The molecule has 1 unspecified atom stereocenters. The van der Waals surface area contributed by atoms with Gasteiger partial charge in [-0.15, -0.1) is 0 Å². The van der Waals surface area contributed by atoms with E-state index in [1.165, 1.54) is 16.4 Å². The Labute approximate surface area is 186 Å². The molecule has 7 nitrogen and oxygen atoms in total. The number of halogens is 1. The summed E-state index contributed by atoms with van der Waals surface area (Å²) in [5.41, 5.74) is 2.08. The highest BCUT2D eigenvalue weighted by Crippen LogP contribution is 2.24. The van der Waals surface area contributed by atoms with E-state index in [1.54, 1.807) is 12.5 Å². The molecular formula is C23H25FN4O3S. The van der Waals surface area contributed by atoms with Crippen molar-refractivity contribution in [2.45, 2.75) is 30.8 Å². The van der Waals surface area contributed by atoms with Gasteiger partial charge >= 0.3 is 0 Å². The standard InChI is InChI=1S/C23H25FN4O3S/c24-21-7-9-22(10-8-21)32(30,31)28-12-3-6-20(16-28)23(29)26-14-18-4-1-2-5-19(18)15-27-13-11-25-17-27/h1-2,4-5,7-11,13,17,20H,3,6,12,14-16H2,(H,26,29). The Balaban J connectivity index is 1.40. The number of carbonyl (C=O) groups is 1. The maximum Gasteiger partial charge on any atom is 0.243 e. The van der Waals surface area contributed by atoms with Crippen LogP contribution in [0.1, 0.15) is 24.0 Å². The third kappa shape index (κ3) is 5.05. The molecule has 4 rings (SSSR count). The molecule has 9 heteroatoms. The van der Waals surface area contributed by atoms with Crippen LogP contribution in [0.2, 0.25) is 0 Å². The number of nitrogens with zero attached hydrogens (tertiary/aromatic N) is 3. The largest absolute Gasteiger partial charge is 0.352 e. The third-order valence-corrected chi connectivity index (χ3v) is 7.57. The van der Waals surface area contributed by atoms with E-state index in [2.05, 4.69) is 10.3 Å². The van der Waals surface area contributed by atoms with Crippen LogP contribution in [0.4, 0.5) is 4.39 Å². The lowest BCUT2D eigenvalue weighted by molar-refractivity contribution is -0.126. The van der Waals surface area contributed by atoms with E-state index in [1.807, 2.05) is 35.0 Å². The first-order valence-electron chi connectivity index (χ1n) is 10.5. The van der Waals surface area contributed by atoms with E-state index in [0.29, 0.717) is 32.5 Å². The molecular weight excluding hydrogens is 431 g/mol. The van der Waals surface area contributed by atoms with Crippen LogP contribution in [0.5, 0.6) is 0 Å². The molecule has 1 aliphatic heterocycles. The lowest BCUT2D eigenvalue weighted by atomic mass is 9.98. The monoisotopic (exact) mass is 456 g/mol. The number of hydrogen-bond donors (Lipinski definition) is 1. The summed E-state index contributed by atoms with van der Waals surface area (Å²) in [5, 5.41) is 2.97. The van der Waals surface area contributed by atoms with Gasteiger partial charge in [-0.2, -0.15) is 4.31 Å². The quantitative estimate of drug-likeness (QED) is 0.593. The molecule has 0 aliphatic carbocycles. The zero-order valence-electron chi connectivity index (χ0n) is 17.5. The molecule has 1 aliphatic rings. The maximum atomic E-state index is 13.2. The Morgan fingerprint density at radius 2 is 1.88 bits per heavy atom. The maximum absolute atomic E-state index is 13.2. The van der Waals surface area contributed by atoms with Crippen LogP contribution in [0.3, 0.4) is 0 Å². The highest BCUT2D eigenvalue weighted by atomic mass is 32.2. The summed E-state index contributed by atoms with van der Waals surface area (Å²) in [7, 11) is -3.77. The molecule has 1 saturated heterocycles. The van der Waals surface area contributed by atoms with Gasteiger partial charge in [-0.1, -0.05) is 24.3 Å². The molecule has 1 amide bonds. The normalized spacial score (nSPS) is 17.2. The molecule has 2 aromatic carbocycles. The van der Waals surface area contributed by atoms with Crippen molar-refractivity contribution < 1.29 is 17.6 Å². The fraction of sp³-hybridized carbons (Fsp3) is 0.304. The predicted octanol–water partition coefficient (Wildman–Crippen LogP) is 2.79. The van der Waals surface area contributed by atoms with Crippen molar-refractivity contribution in [3.05, 3.63) is 84.2 Å². The molecule has 168 valence electrons. The van der Waals surface area contributed by atoms with Gasteiger partial charge in [-0.3, -0.25) is 4.79 Å². The minimum absolute atomic E-state index is 0.0355. The van der Waals surface area contributed by atoms with Gasteiger partial charge < -0.3 is 9.88 Å². The summed E-state index contributed by atoms with van der Waals surface area (Å²) in [6.07, 6.45) is 6.56. The first kappa shape index (κ1) is 22.2. The van der Waals surface area contributed by atoms with Crippen molar-refractivity contribution in [3.63, 3.8) is 0 Å². The number of carbonyl (C=O) groups excluding carboxylic acids is 1. The molecule has 3 aromatic rings. The SMILES string of the molecule is O=C(NCc1ccccc1Cn1ccnc1)C1CCCN(S(=O)(=O)c2ccc(F)cc2)C1. The molecule has 0 spiro atoms. The number of imidazole rings is 1. The number of benzene rings is 2. The minimum Gasteiger partial charge on any atom is -0.352 e. The van der Waals surface area contributed by atoms with Crippen molar-refractivity contribution in [3.8, 4) is 0 Å². The number of nitrogens with one attached hydrogen (secondary N) is 1. The van der Waals surface area contributed by atoms with Crippen LogP contribution in [-0.2, 0) is 27.9 Å². The molecule has 0 radical (unpaired) electrons. The Hall–Kier alpha value is -3.04. The lowest BCUT2D eigenvalue weighted by Gasteiger charge is -2.31. The highest BCUT2D eigenvalue weighted by molar-refractivity contribution is 7.89. The van der Waals surface area contributed by atoms with Gasteiger partial charge in [-0.25, -0.2) is 17.8 Å². The first-order chi connectivity index (χ1) is 15.4. The molecule has 1 atom stereocenters. The number of sulfonamides is 1. The molecule has 0 saturated carbocycles. The summed E-state index contributed by atoms with van der Waals surface area (Å²) < 4.78 is 42.3. The zero-order valence-corrected chi connectivity index (χ0v) is 18.3. The van der Waals surface area contributed by atoms with E-state index in [4.69, 9.17) is 0 Å². The van der Waals surface area contributed by atoms with Crippen LogP contribution >= 0.6 is 0 Å². The van der Waals surface area contributed by atoms with E-state index in [9.17, 15) is 17.6 Å². The van der Waals surface area contributed by atoms with Crippen LogP contribution in [0, 0.1) is 11.7 Å². The molecule has 32 heavy (non-hydrogen) atoms. The smallest absolute Gasteiger partial charge is 0.243 e. The van der Waals surface area contributed by atoms with Gasteiger partial charge in [0.05, 0.1) is 17.1 Å².